The maximum atomic E-state index is 11.7. The van der Waals surface area contributed by atoms with Gasteiger partial charge in [0.2, 0.25) is 5.91 Å². The Labute approximate surface area is 135 Å². The molecule has 1 aromatic carbocycles. The molecule has 7 heteroatoms. The summed E-state index contributed by atoms with van der Waals surface area (Å²) in [6.45, 7) is 3.30. The molecule has 1 N–H and O–H groups in total. The summed E-state index contributed by atoms with van der Waals surface area (Å²) in [5, 5.41) is 3.38. The highest BCUT2D eigenvalue weighted by molar-refractivity contribution is 7.99. The van der Waals surface area contributed by atoms with Crippen LogP contribution in [0.25, 0.3) is 0 Å². The lowest BCUT2D eigenvalue weighted by Gasteiger charge is -2.13. The molecule has 1 amide bonds. The van der Waals surface area contributed by atoms with Crippen LogP contribution in [-0.2, 0) is 20.4 Å². The van der Waals surface area contributed by atoms with Crippen molar-refractivity contribution in [2.75, 3.05) is 17.3 Å². The van der Waals surface area contributed by atoms with Gasteiger partial charge in [0.25, 0.3) is 0 Å². The van der Waals surface area contributed by atoms with Gasteiger partial charge in [-0.25, -0.2) is 8.42 Å². The van der Waals surface area contributed by atoms with E-state index in [-0.39, 0.29) is 23.5 Å². The van der Waals surface area contributed by atoms with Crippen LogP contribution in [0.5, 0.6) is 0 Å². The molecule has 1 atom stereocenters. The third-order valence-corrected chi connectivity index (χ3v) is 5.87. The van der Waals surface area contributed by atoms with E-state index in [0.29, 0.717) is 16.5 Å². The summed E-state index contributed by atoms with van der Waals surface area (Å²) < 4.78 is 22.9. The van der Waals surface area contributed by atoms with Gasteiger partial charge in [-0.1, -0.05) is 30.7 Å². The standard InChI is InChI=1S/C14H20ClNO3S2/c1-3-21(18,19)10-11(2)16-14(17)9-20-8-12-5-4-6-13(15)7-12/h4-7,11H,3,8-10H2,1-2H3,(H,16,17)/t11-/m0/s1. The highest BCUT2D eigenvalue weighted by Crippen LogP contribution is 2.16. The Kier molecular flexibility index (Phi) is 7.56. The van der Waals surface area contributed by atoms with Crippen LogP contribution in [0.4, 0.5) is 0 Å². The Balaban J connectivity index is 2.31. The van der Waals surface area contributed by atoms with Crippen LogP contribution in [0.2, 0.25) is 5.02 Å². The van der Waals surface area contributed by atoms with Gasteiger partial charge in [-0.05, 0) is 24.6 Å². The summed E-state index contributed by atoms with van der Waals surface area (Å²) in [5.41, 5.74) is 1.06. The summed E-state index contributed by atoms with van der Waals surface area (Å²) in [6, 6.07) is 7.12. The number of rotatable bonds is 8. The average molecular weight is 350 g/mol. The Morgan fingerprint density at radius 2 is 2.14 bits per heavy atom. The Bertz CT molecular complexity index is 575. The second-order valence-electron chi connectivity index (χ2n) is 4.79. The maximum Gasteiger partial charge on any atom is 0.230 e. The van der Waals surface area contributed by atoms with Crippen LogP contribution in [0.3, 0.4) is 0 Å². The average Bonchev–Trinajstić information content (AvgIpc) is 2.38. The van der Waals surface area contributed by atoms with E-state index in [1.54, 1.807) is 19.9 Å². The largest absolute Gasteiger partial charge is 0.352 e. The normalized spacial score (nSPS) is 12.9. The number of carbonyl (C=O) groups is 1. The molecule has 1 rings (SSSR count). The summed E-state index contributed by atoms with van der Waals surface area (Å²) >= 11 is 7.35. The van der Waals surface area contributed by atoms with Crippen molar-refractivity contribution in [2.45, 2.75) is 25.6 Å². The van der Waals surface area contributed by atoms with E-state index in [4.69, 9.17) is 11.6 Å². The van der Waals surface area contributed by atoms with Crippen LogP contribution < -0.4 is 5.32 Å². The number of nitrogens with one attached hydrogen (secondary N) is 1. The smallest absolute Gasteiger partial charge is 0.230 e. The number of carbonyl (C=O) groups excluding carboxylic acids is 1. The third-order valence-electron chi connectivity index (χ3n) is 2.74. The number of amides is 1. The van der Waals surface area contributed by atoms with Gasteiger partial charge in [-0.15, -0.1) is 11.8 Å². The topological polar surface area (TPSA) is 63.2 Å². The first-order valence-electron chi connectivity index (χ1n) is 6.64. The molecule has 118 valence electrons. The van der Waals surface area contributed by atoms with E-state index < -0.39 is 9.84 Å². The maximum absolute atomic E-state index is 11.7. The molecule has 0 heterocycles. The first kappa shape index (κ1) is 18.3. The highest BCUT2D eigenvalue weighted by atomic mass is 35.5. The highest BCUT2D eigenvalue weighted by Gasteiger charge is 2.15. The van der Waals surface area contributed by atoms with Crippen molar-refractivity contribution in [1.82, 2.24) is 5.32 Å². The fourth-order valence-electron chi connectivity index (χ4n) is 1.75. The van der Waals surface area contributed by atoms with E-state index in [9.17, 15) is 13.2 Å². The van der Waals surface area contributed by atoms with Crippen molar-refractivity contribution in [1.29, 1.82) is 0 Å². The number of halogens is 1. The Morgan fingerprint density at radius 3 is 2.76 bits per heavy atom. The quantitative estimate of drug-likeness (QED) is 0.783. The van der Waals surface area contributed by atoms with E-state index >= 15 is 0 Å². The number of hydrogen-bond donors (Lipinski definition) is 1. The molecule has 0 radical (unpaired) electrons. The number of hydrogen-bond acceptors (Lipinski definition) is 4. The van der Waals surface area contributed by atoms with Crippen molar-refractivity contribution < 1.29 is 13.2 Å². The zero-order valence-electron chi connectivity index (χ0n) is 12.1. The second kappa shape index (κ2) is 8.66. The predicted octanol–water partition coefficient (Wildman–Crippen LogP) is 2.51. The number of benzene rings is 1. The zero-order chi connectivity index (χ0) is 15.9. The van der Waals surface area contributed by atoms with Crippen LogP contribution >= 0.6 is 23.4 Å². The van der Waals surface area contributed by atoms with E-state index in [1.165, 1.54) is 11.8 Å². The molecule has 1 aromatic rings. The lowest BCUT2D eigenvalue weighted by Crippen LogP contribution is -2.38. The van der Waals surface area contributed by atoms with Crippen LogP contribution in [0, 0.1) is 0 Å². The number of thioether (sulfide) groups is 1. The second-order valence-corrected chi connectivity index (χ2v) is 8.61. The van der Waals surface area contributed by atoms with Gasteiger partial charge >= 0.3 is 0 Å². The molecule has 0 aliphatic heterocycles. The minimum atomic E-state index is -3.07. The molecule has 0 unspecified atom stereocenters. The van der Waals surface area contributed by atoms with Gasteiger partial charge < -0.3 is 5.32 Å². The van der Waals surface area contributed by atoms with Crippen molar-refractivity contribution in [2.24, 2.45) is 0 Å². The fraction of sp³-hybridized carbons (Fsp3) is 0.500. The van der Waals surface area contributed by atoms with Gasteiger partial charge in [0.15, 0.2) is 9.84 Å². The zero-order valence-corrected chi connectivity index (χ0v) is 14.5. The van der Waals surface area contributed by atoms with Crippen molar-refractivity contribution in [3.05, 3.63) is 34.9 Å². The molecular weight excluding hydrogens is 330 g/mol. The van der Waals surface area contributed by atoms with E-state index in [1.807, 2.05) is 18.2 Å². The van der Waals surface area contributed by atoms with Gasteiger partial charge in [0, 0.05) is 22.6 Å². The molecular formula is C14H20ClNO3S2. The molecule has 4 nitrogen and oxygen atoms in total. The van der Waals surface area contributed by atoms with Crippen molar-refractivity contribution >= 4 is 39.1 Å². The molecule has 0 aliphatic carbocycles. The molecule has 0 aromatic heterocycles. The monoisotopic (exact) mass is 349 g/mol. The van der Waals surface area contributed by atoms with E-state index in [2.05, 4.69) is 5.32 Å². The fourth-order valence-corrected chi connectivity index (χ4v) is 3.83. The molecule has 0 saturated heterocycles. The van der Waals surface area contributed by atoms with Crippen molar-refractivity contribution in [3.63, 3.8) is 0 Å². The first-order chi connectivity index (χ1) is 9.82. The molecule has 21 heavy (non-hydrogen) atoms. The summed E-state index contributed by atoms with van der Waals surface area (Å²) in [6.07, 6.45) is 0. The number of sulfone groups is 1. The molecule has 0 saturated carbocycles. The first-order valence-corrected chi connectivity index (χ1v) is 10.00. The van der Waals surface area contributed by atoms with E-state index in [0.717, 1.165) is 5.56 Å². The minimum absolute atomic E-state index is 0.0196. The molecule has 0 fully saturated rings. The molecule has 0 aliphatic rings. The summed E-state index contributed by atoms with van der Waals surface area (Å²) in [5.74, 6) is 0.907. The van der Waals surface area contributed by atoms with Crippen LogP contribution in [0.1, 0.15) is 19.4 Å². The SMILES string of the molecule is CCS(=O)(=O)C[C@H](C)NC(=O)CSCc1cccc(Cl)c1. The third kappa shape index (κ3) is 7.74. The van der Waals surface area contributed by atoms with Gasteiger partial charge in [-0.3, -0.25) is 4.79 Å². The molecule has 0 spiro atoms. The Hall–Kier alpha value is -0.720. The lowest BCUT2D eigenvalue weighted by atomic mass is 10.2. The van der Waals surface area contributed by atoms with Crippen LogP contribution in [0.15, 0.2) is 24.3 Å². The molecule has 0 bridgehead atoms. The van der Waals surface area contributed by atoms with Gasteiger partial charge in [-0.2, -0.15) is 0 Å². The summed E-state index contributed by atoms with van der Waals surface area (Å²) in [7, 11) is -3.07. The Morgan fingerprint density at radius 1 is 1.43 bits per heavy atom. The van der Waals surface area contributed by atoms with Gasteiger partial charge in [0.05, 0.1) is 11.5 Å². The van der Waals surface area contributed by atoms with Gasteiger partial charge in [0.1, 0.15) is 0 Å². The minimum Gasteiger partial charge on any atom is -0.352 e. The summed E-state index contributed by atoms with van der Waals surface area (Å²) in [4.78, 5) is 11.7. The predicted molar refractivity (Wildman–Crippen MR) is 89.5 cm³/mol. The van der Waals surface area contributed by atoms with Crippen molar-refractivity contribution in [3.8, 4) is 0 Å². The lowest BCUT2D eigenvalue weighted by molar-refractivity contribution is -0.119. The van der Waals surface area contributed by atoms with Crippen LogP contribution in [-0.4, -0.2) is 37.6 Å².